The van der Waals surface area contributed by atoms with Crippen molar-refractivity contribution < 1.29 is 9.13 Å². The van der Waals surface area contributed by atoms with Gasteiger partial charge in [-0.3, -0.25) is 0 Å². The highest BCUT2D eigenvalue weighted by Crippen LogP contribution is 2.28. The second-order valence-corrected chi connectivity index (χ2v) is 7.76. The highest BCUT2D eigenvalue weighted by Gasteiger charge is 2.17. The van der Waals surface area contributed by atoms with Gasteiger partial charge in [-0.2, -0.15) is 0 Å². The van der Waals surface area contributed by atoms with Crippen molar-refractivity contribution in [1.82, 2.24) is 5.32 Å². The maximum atomic E-state index is 13.9. The van der Waals surface area contributed by atoms with E-state index in [1.54, 1.807) is 12.1 Å². The number of hydrogen-bond acceptors (Lipinski definition) is 2. The second kappa shape index (κ2) is 9.38. The minimum Gasteiger partial charge on any atom is -0.488 e. The molecule has 4 heteroatoms. The Labute approximate surface area is 160 Å². The molecule has 140 valence electrons. The molecule has 0 amide bonds. The van der Waals surface area contributed by atoms with Gasteiger partial charge in [0.05, 0.1) is 5.02 Å². The summed E-state index contributed by atoms with van der Waals surface area (Å²) in [4.78, 5) is 0. The maximum absolute atomic E-state index is 13.9. The Morgan fingerprint density at radius 2 is 1.85 bits per heavy atom. The summed E-state index contributed by atoms with van der Waals surface area (Å²) in [6, 6.07) is 12.6. The topological polar surface area (TPSA) is 21.3 Å². The molecule has 1 saturated carbocycles. The molecule has 1 aliphatic rings. The number of benzene rings is 2. The smallest absolute Gasteiger partial charge is 0.131 e. The van der Waals surface area contributed by atoms with Gasteiger partial charge in [0.15, 0.2) is 0 Å². The molecule has 0 radical (unpaired) electrons. The van der Waals surface area contributed by atoms with Crippen LogP contribution in [0.15, 0.2) is 42.5 Å². The fourth-order valence-corrected chi connectivity index (χ4v) is 3.77. The molecule has 0 heterocycles. The number of para-hydroxylation sites is 1. The normalized spacial score (nSPS) is 20.1. The third kappa shape index (κ3) is 5.21. The van der Waals surface area contributed by atoms with Crippen LogP contribution in [0.5, 0.6) is 5.75 Å². The van der Waals surface area contributed by atoms with E-state index in [0.29, 0.717) is 10.6 Å². The number of ether oxygens (including phenoxy) is 1. The van der Waals surface area contributed by atoms with Gasteiger partial charge < -0.3 is 10.1 Å². The molecule has 1 fully saturated rings. The van der Waals surface area contributed by atoms with Gasteiger partial charge in [-0.25, -0.2) is 4.39 Å². The molecule has 26 heavy (non-hydrogen) atoms. The molecule has 0 aliphatic heterocycles. The lowest BCUT2D eigenvalue weighted by Crippen LogP contribution is -2.25. The van der Waals surface area contributed by atoms with Gasteiger partial charge in [-0.15, -0.1) is 0 Å². The second-order valence-electron chi connectivity index (χ2n) is 7.35. The average molecular weight is 376 g/mol. The van der Waals surface area contributed by atoms with E-state index in [1.807, 2.05) is 24.3 Å². The Balaban J connectivity index is 1.54. The van der Waals surface area contributed by atoms with E-state index >= 15 is 0 Å². The Kier molecular flexibility index (Phi) is 6.93. The number of hydrogen-bond donors (Lipinski definition) is 1. The van der Waals surface area contributed by atoms with Gasteiger partial charge in [0.1, 0.15) is 18.2 Å². The molecule has 2 aromatic rings. The van der Waals surface area contributed by atoms with E-state index in [1.165, 1.54) is 31.7 Å². The van der Waals surface area contributed by atoms with Crippen molar-refractivity contribution in [3.8, 4) is 5.75 Å². The van der Waals surface area contributed by atoms with Crippen LogP contribution in [-0.4, -0.2) is 6.54 Å². The monoisotopic (exact) mass is 375 g/mol. The summed E-state index contributed by atoms with van der Waals surface area (Å²) in [6.45, 7) is 4.27. The molecule has 0 spiro atoms. The zero-order valence-corrected chi connectivity index (χ0v) is 16.1. The molecule has 0 bridgehead atoms. The van der Waals surface area contributed by atoms with Crippen LogP contribution in [0.2, 0.25) is 5.02 Å². The van der Waals surface area contributed by atoms with Gasteiger partial charge in [-0.05, 0) is 49.4 Å². The third-order valence-corrected chi connectivity index (χ3v) is 5.64. The minimum atomic E-state index is -0.334. The lowest BCUT2D eigenvalue weighted by Gasteiger charge is -2.26. The summed E-state index contributed by atoms with van der Waals surface area (Å²) >= 11 is 6.08. The Hall–Kier alpha value is -1.58. The first-order chi connectivity index (χ1) is 12.6. The van der Waals surface area contributed by atoms with Crippen molar-refractivity contribution in [3.63, 3.8) is 0 Å². The third-order valence-electron chi connectivity index (χ3n) is 5.29. The lowest BCUT2D eigenvalue weighted by molar-refractivity contribution is 0.278. The van der Waals surface area contributed by atoms with Gasteiger partial charge >= 0.3 is 0 Å². The van der Waals surface area contributed by atoms with Crippen LogP contribution in [0.4, 0.5) is 4.39 Å². The number of halogens is 2. The summed E-state index contributed by atoms with van der Waals surface area (Å²) in [7, 11) is 0. The van der Waals surface area contributed by atoms with E-state index in [9.17, 15) is 4.39 Å². The van der Waals surface area contributed by atoms with Gasteiger partial charge in [-0.1, -0.05) is 55.6 Å². The zero-order valence-electron chi connectivity index (χ0n) is 15.3. The molecule has 0 saturated heterocycles. The van der Waals surface area contributed by atoms with E-state index in [-0.39, 0.29) is 12.4 Å². The van der Waals surface area contributed by atoms with Crippen molar-refractivity contribution in [2.75, 3.05) is 6.54 Å². The van der Waals surface area contributed by atoms with E-state index in [0.717, 1.165) is 36.2 Å². The standard InChI is InChI=1S/C22H27ClFNO/c1-16-9-11-17(12-10-16)13-25-14-18-5-2-3-8-22(18)26-15-19-20(23)6-4-7-21(19)24/h2-8,16-17,25H,9-15H2,1H3. The highest BCUT2D eigenvalue weighted by atomic mass is 35.5. The molecule has 2 nitrogen and oxygen atoms in total. The molecule has 3 rings (SSSR count). The van der Waals surface area contributed by atoms with E-state index in [2.05, 4.69) is 12.2 Å². The first kappa shape index (κ1) is 19.2. The summed E-state index contributed by atoms with van der Waals surface area (Å²) < 4.78 is 19.8. The van der Waals surface area contributed by atoms with Crippen LogP contribution in [0.25, 0.3) is 0 Å². The van der Waals surface area contributed by atoms with Crippen LogP contribution in [0.3, 0.4) is 0 Å². The Morgan fingerprint density at radius 1 is 1.08 bits per heavy atom. The maximum Gasteiger partial charge on any atom is 0.131 e. The summed E-state index contributed by atoms with van der Waals surface area (Å²) in [5.41, 5.74) is 1.48. The molecule has 1 N–H and O–H groups in total. The first-order valence-electron chi connectivity index (χ1n) is 9.47. The fraction of sp³-hybridized carbons (Fsp3) is 0.455. The SMILES string of the molecule is CC1CCC(CNCc2ccccc2OCc2c(F)cccc2Cl)CC1. The van der Waals surface area contributed by atoms with Crippen LogP contribution in [-0.2, 0) is 13.2 Å². The molecule has 1 aliphatic carbocycles. The van der Waals surface area contributed by atoms with Crippen molar-refractivity contribution >= 4 is 11.6 Å². The van der Waals surface area contributed by atoms with Crippen LogP contribution in [0.1, 0.15) is 43.7 Å². The van der Waals surface area contributed by atoms with Crippen molar-refractivity contribution in [1.29, 1.82) is 0 Å². The number of rotatable bonds is 7. The molecule has 2 aromatic carbocycles. The van der Waals surface area contributed by atoms with Gasteiger partial charge in [0.25, 0.3) is 0 Å². The molecular formula is C22H27ClFNO. The van der Waals surface area contributed by atoms with Crippen molar-refractivity contribution in [2.24, 2.45) is 11.8 Å². The van der Waals surface area contributed by atoms with E-state index < -0.39 is 0 Å². The summed E-state index contributed by atoms with van der Waals surface area (Å²) in [5, 5.41) is 3.96. The molecular weight excluding hydrogens is 349 g/mol. The number of nitrogens with one attached hydrogen (secondary N) is 1. The highest BCUT2D eigenvalue weighted by molar-refractivity contribution is 6.31. The van der Waals surface area contributed by atoms with Gasteiger partial charge in [0.2, 0.25) is 0 Å². The first-order valence-corrected chi connectivity index (χ1v) is 9.85. The predicted octanol–water partition coefficient (Wildman–Crippen LogP) is 5.97. The van der Waals surface area contributed by atoms with Gasteiger partial charge in [0, 0.05) is 17.7 Å². The predicted molar refractivity (Wildman–Crippen MR) is 105 cm³/mol. The molecule has 0 unspecified atom stereocenters. The lowest BCUT2D eigenvalue weighted by atomic mass is 9.83. The summed E-state index contributed by atoms with van der Waals surface area (Å²) in [6.07, 6.45) is 5.32. The average Bonchev–Trinajstić information content (AvgIpc) is 2.64. The van der Waals surface area contributed by atoms with E-state index in [4.69, 9.17) is 16.3 Å². The van der Waals surface area contributed by atoms with Crippen molar-refractivity contribution in [3.05, 3.63) is 64.4 Å². The van der Waals surface area contributed by atoms with Crippen LogP contribution < -0.4 is 10.1 Å². The minimum absolute atomic E-state index is 0.128. The Morgan fingerprint density at radius 3 is 2.62 bits per heavy atom. The zero-order chi connectivity index (χ0) is 18.4. The summed E-state index contributed by atoms with van der Waals surface area (Å²) in [5.74, 6) is 2.10. The van der Waals surface area contributed by atoms with Crippen LogP contribution in [0, 0.1) is 17.7 Å². The Bertz CT molecular complexity index is 693. The van der Waals surface area contributed by atoms with Crippen molar-refractivity contribution in [2.45, 2.75) is 45.8 Å². The fourth-order valence-electron chi connectivity index (χ4n) is 3.56. The molecule has 0 atom stereocenters. The molecule has 0 aromatic heterocycles. The largest absolute Gasteiger partial charge is 0.488 e. The quantitative estimate of drug-likeness (QED) is 0.643. The van der Waals surface area contributed by atoms with Crippen LogP contribution >= 0.6 is 11.6 Å².